The number of rotatable bonds is 8. The van der Waals surface area contributed by atoms with Gasteiger partial charge < -0.3 is 14.4 Å². The molecule has 2 heterocycles. The first-order valence-electron chi connectivity index (χ1n) is 12.0. The first-order valence-corrected chi connectivity index (χ1v) is 13.6. The summed E-state index contributed by atoms with van der Waals surface area (Å²) in [5.74, 6) is 0.458. The first-order chi connectivity index (χ1) is 17.4. The van der Waals surface area contributed by atoms with E-state index >= 15 is 0 Å². The van der Waals surface area contributed by atoms with Gasteiger partial charge >= 0.3 is 0 Å². The molecular weight excluding hydrogens is 544 g/mol. The number of nitrogens with zero attached hydrogens (tertiary/aromatic N) is 2. The molecule has 36 heavy (non-hydrogen) atoms. The fraction of sp³-hybridized carbons (Fsp3) is 0.370. The quantitative estimate of drug-likeness (QED) is 0.373. The van der Waals surface area contributed by atoms with Gasteiger partial charge in [0.15, 0.2) is 11.5 Å². The number of thioether (sulfide) groups is 1. The van der Waals surface area contributed by atoms with Gasteiger partial charge in [0.2, 0.25) is 5.91 Å². The molecule has 9 heteroatoms. The van der Waals surface area contributed by atoms with Gasteiger partial charge in [0.05, 0.1) is 16.0 Å². The van der Waals surface area contributed by atoms with Gasteiger partial charge in [0, 0.05) is 13.1 Å². The van der Waals surface area contributed by atoms with Gasteiger partial charge in [-0.15, -0.1) is 0 Å². The number of piperidine rings is 1. The molecule has 7 nitrogen and oxygen atoms in total. The first kappa shape index (κ1) is 26.3. The lowest BCUT2D eigenvalue weighted by Gasteiger charge is -2.27. The molecule has 0 bridgehead atoms. The molecule has 0 N–H and O–H groups in total. The van der Waals surface area contributed by atoms with E-state index in [1.165, 1.54) is 0 Å². The van der Waals surface area contributed by atoms with Gasteiger partial charge in [-0.3, -0.25) is 19.3 Å². The number of amides is 3. The molecule has 0 unspecified atom stereocenters. The van der Waals surface area contributed by atoms with Crippen LogP contribution in [0.5, 0.6) is 11.5 Å². The monoisotopic (exact) mass is 572 g/mol. The smallest absolute Gasteiger partial charge is 0.294 e. The van der Waals surface area contributed by atoms with Crippen LogP contribution in [0.15, 0.2) is 45.8 Å². The maximum Gasteiger partial charge on any atom is 0.294 e. The normalized spacial score (nSPS) is 17.1. The van der Waals surface area contributed by atoms with Crippen molar-refractivity contribution in [1.82, 2.24) is 9.80 Å². The molecule has 0 aromatic heterocycles. The third-order valence-electron chi connectivity index (χ3n) is 5.97. The molecule has 4 rings (SSSR count). The molecule has 0 spiro atoms. The Morgan fingerprint density at radius 3 is 2.61 bits per heavy atom. The van der Waals surface area contributed by atoms with E-state index in [-0.39, 0.29) is 17.4 Å². The molecule has 0 radical (unpaired) electrons. The molecule has 190 valence electrons. The average Bonchev–Trinajstić information content (AvgIpc) is 3.11. The number of carbonyl (C=O) groups excluding carboxylic acids is 3. The minimum absolute atomic E-state index is 0.185. The zero-order valence-corrected chi connectivity index (χ0v) is 22.8. The van der Waals surface area contributed by atoms with Crippen molar-refractivity contribution in [2.45, 2.75) is 39.7 Å². The van der Waals surface area contributed by atoms with Crippen molar-refractivity contribution in [3.05, 3.63) is 62.5 Å². The molecule has 2 saturated heterocycles. The zero-order chi connectivity index (χ0) is 25.7. The van der Waals surface area contributed by atoms with E-state index in [0.717, 1.165) is 47.1 Å². The molecule has 3 amide bonds. The van der Waals surface area contributed by atoms with Crippen LogP contribution in [0.4, 0.5) is 4.79 Å². The van der Waals surface area contributed by atoms with Crippen LogP contribution in [0, 0.1) is 6.92 Å². The van der Waals surface area contributed by atoms with E-state index in [2.05, 4.69) is 22.0 Å². The van der Waals surface area contributed by atoms with Crippen molar-refractivity contribution in [3.63, 3.8) is 0 Å². The standard InChI is InChI=1S/C27H29BrN2O5S/c1-3-34-22-14-20(13-21(28)25(22)35-17-19-9-7-8-18(2)12-19)15-23-26(32)30(27(33)36-23)16-24(31)29-10-5-4-6-11-29/h7-9,12-15H,3-6,10-11,16-17H2,1-2H3/b23-15-. The highest BCUT2D eigenvalue weighted by Crippen LogP contribution is 2.39. The van der Waals surface area contributed by atoms with E-state index in [4.69, 9.17) is 9.47 Å². The summed E-state index contributed by atoms with van der Waals surface area (Å²) in [7, 11) is 0. The Labute approximate surface area is 223 Å². The summed E-state index contributed by atoms with van der Waals surface area (Å²) in [5, 5.41) is -0.432. The highest BCUT2D eigenvalue weighted by atomic mass is 79.9. The van der Waals surface area contributed by atoms with Gasteiger partial charge in [0.1, 0.15) is 13.2 Å². The fourth-order valence-corrected chi connectivity index (χ4v) is 5.61. The number of imide groups is 1. The van der Waals surface area contributed by atoms with Crippen LogP contribution >= 0.6 is 27.7 Å². The fourth-order valence-electron chi connectivity index (χ4n) is 4.20. The number of benzene rings is 2. The number of hydrogen-bond acceptors (Lipinski definition) is 6. The van der Waals surface area contributed by atoms with Crippen LogP contribution in [-0.4, -0.2) is 53.1 Å². The second-order valence-electron chi connectivity index (χ2n) is 8.75. The van der Waals surface area contributed by atoms with Gasteiger partial charge in [0.25, 0.3) is 11.1 Å². The van der Waals surface area contributed by atoms with Crippen molar-refractivity contribution in [2.24, 2.45) is 0 Å². The summed E-state index contributed by atoms with van der Waals surface area (Å²) in [6.45, 7) is 5.87. The third kappa shape index (κ3) is 6.31. The Morgan fingerprint density at radius 2 is 1.89 bits per heavy atom. The summed E-state index contributed by atoms with van der Waals surface area (Å²) in [6.07, 6.45) is 4.65. The third-order valence-corrected chi connectivity index (χ3v) is 7.47. The van der Waals surface area contributed by atoms with E-state index in [1.54, 1.807) is 17.0 Å². The van der Waals surface area contributed by atoms with Gasteiger partial charge in [-0.05, 0) is 90.1 Å². The zero-order valence-electron chi connectivity index (χ0n) is 20.4. The molecule has 2 aromatic rings. The average molecular weight is 574 g/mol. The van der Waals surface area contributed by atoms with Crippen LogP contribution < -0.4 is 9.47 Å². The van der Waals surface area contributed by atoms with Crippen molar-refractivity contribution >= 4 is 50.8 Å². The summed E-state index contributed by atoms with van der Waals surface area (Å²) in [4.78, 5) is 41.2. The van der Waals surface area contributed by atoms with Gasteiger partial charge in [-0.1, -0.05) is 29.8 Å². The molecular formula is C27H29BrN2O5S. The summed E-state index contributed by atoms with van der Waals surface area (Å²) in [5.41, 5.74) is 2.88. The minimum atomic E-state index is -0.454. The molecule has 0 atom stereocenters. The van der Waals surface area contributed by atoms with Crippen LogP contribution in [0.3, 0.4) is 0 Å². The van der Waals surface area contributed by atoms with Crippen LogP contribution in [-0.2, 0) is 16.2 Å². The number of hydrogen-bond donors (Lipinski definition) is 0. The Hall–Kier alpha value is -2.78. The number of aryl methyl sites for hydroxylation is 1. The maximum absolute atomic E-state index is 13.0. The van der Waals surface area contributed by atoms with E-state index < -0.39 is 11.1 Å². The SMILES string of the molecule is CCOc1cc(/C=C2\SC(=O)N(CC(=O)N3CCCCC3)C2=O)cc(Br)c1OCc1cccc(C)c1. The summed E-state index contributed by atoms with van der Waals surface area (Å²) in [6, 6.07) is 11.7. The maximum atomic E-state index is 13.0. The Bertz CT molecular complexity index is 1190. The van der Waals surface area contributed by atoms with Crippen molar-refractivity contribution in [2.75, 3.05) is 26.2 Å². The second-order valence-corrected chi connectivity index (χ2v) is 10.6. The molecule has 2 aromatic carbocycles. The van der Waals surface area contributed by atoms with Crippen molar-refractivity contribution in [1.29, 1.82) is 0 Å². The predicted octanol–water partition coefficient (Wildman–Crippen LogP) is 5.78. The van der Waals surface area contributed by atoms with E-state index in [9.17, 15) is 14.4 Å². The topological polar surface area (TPSA) is 76.2 Å². The highest BCUT2D eigenvalue weighted by molar-refractivity contribution is 9.10. The van der Waals surface area contributed by atoms with E-state index in [1.807, 2.05) is 38.1 Å². The Balaban J connectivity index is 1.50. The summed E-state index contributed by atoms with van der Waals surface area (Å²) >= 11 is 4.41. The Morgan fingerprint density at radius 1 is 1.11 bits per heavy atom. The van der Waals surface area contributed by atoms with Crippen LogP contribution in [0.25, 0.3) is 6.08 Å². The van der Waals surface area contributed by atoms with Gasteiger partial charge in [-0.2, -0.15) is 0 Å². The molecule has 2 aliphatic rings. The Kier molecular flexibility index (Phi) is 8.74. The van der Waals surface area contributed by atoms with Crippen molar-refractivity contribution in [3.8, 4) is 11.5 Å². The largest absolute Gasteiger partial charge is 0.490 e. The second kappa shape index (κ2) is 12.0. The summed E-state index contributed by atoms with van der Waals surface area (Å²) < 4.78 is 12.6. The highest BCUT2D eigenvalue weighted by Gasteiger charge is 2.37. The van der Waals surface area contributed by atoms with Gasteiger partial charge in [-0.25, -0.2) is 0 Å². The van der Waals surface area contributed by atoms with Crippen LogP contribution in [0.1, 0.15) is 42.9 Å². The predicted molar refractivity (Wildman–Crippen MR) is 144 cm³/mol. The van der Waals surface area contributed by atoms with E-state index in [0.29, 0.717) is 47.8 Å². The lowest BCUT2D eigenvalue weighted by Crippen LogP contribution is -2.44. The van der Waals surface area contributed by atoms with Crippen molar-refractivity contribution < 1.29 is 23.9 Å². The number of likely N-dealkylation sites (tertiary alicyclic amines) is 1. The number of halogens is 1. The molecule has 0 aliphatic carbocycles. The number of carbonyl (C=O) groups is 3. The molecule has 2 fully saturated rings. The number of ether oxygens (including phenoxy) is 2. The van der Waals surface area contributed by atoms with Crippen LogP contribution in [0.2, 0.25) is 0 Å². The molecule has 2 aliphatic heterocycles. The lowest BCUT2D eigenvalue weighted by atomic mass is 10.1. The molecule has 0 saturated carbocycles. The lowest BCUT2D eigenvalue weighted by molar-refractivity contribution is -0.136. The minimum Gasteiger partial charge on any atom is -0.490 e.